The minimum absolute atomic E-state index is 0.228. The number of rotatable bonds is 3. The van der Waals surface area contributed by atoms with E-state index in [-0.39, 0.29) is 17.7 Å². The average Bonchev–Trinajstić information content (AvgIpc) is 2.14. The number of hydrogen-bond acceptors (Lipinski definition) is 3. The van der Waals surface area contributed by atoms with Crippen LogP contribution < -0.4 is 0 Å². The molecule has 4 nitrogen and oxygen atoms in total. The quantitative estimate of drug-likeness (QED) is 0.890. The van der Waals surface area contributed by atoms with Gasteiger partial charge in [0.15, 0.2) is 9.84 Å². The molecule has 1 aromatic carbocycles. The van der Waals surface area contributed by atoms with Gasteiger partial charge in [0.2, 0.25) is 0 Å². The van der Waals surface area contributed by atoms with E-state index in [9.17, 15) is 13.2 Å². The van der Waals surface area contributed by atoms with Crippen molar-refractivity contribution in [2.45, 2.75) is 29.9 Å². The Morgan fingerprint density at radius 3 is 2.24 bits per heavy atom. The Morgan fingerprint density at radius 2 is 1.76 bits per heavy atom. The van der Waals surface area contributed by atoms with Crippen molar-refractivity contribution < 1.29 is 18.3 Å². The minimum Gasteiger partial charge on any atom is -0.481 e. The summed E-state index contributed by atoms with van der Waals surface area (Å²) in [7, 11) is -3.35. The van der Waals surface area contributed by atoms with Gasteiger partial charge in [-0.2, -0.15) is 0 Å². The molecule has 17 heavy (non-hydrogen) atoms. The van der Waals surface area contributed by atoms with Crippen LogP contribution in [0.25, 0.3) is 0 Å². The van der Waals surface area contributed by atoms with Gasteiger partial charge in [0, 0.05) is 0 Å². The third-order valence-electron chi connectivity index (χ3n) is 3.23. The molecule has 1 aliphatic carbocycles. The first-order valence-electron chi connectivity index (χ1n) is 5.44. The van der Waals surface area contributed by atoms with Crippen LogP contribution in [0.4, 0.5) is 0 Å². The normalized spacial score (nSPS) is 24.1. The zero-order valence-electron chi connectivity index (χ0n) is 9.46. The number of aryl methyl sites for hydroxylation is 1. The van der Waals surface area contributed by atoms with Crippen molar-refractivity contribution in [3.8, 4) is 0 Å². The SMILES string of the molecule is Cc1ccc(S(=O)(=O)C2CC(C(=O)O)C2)cc1. The second-order valence-corrected chi connectivity index (χ2v) is 6.71. The van der Waals surface area contributed by atoms with E-state index in [1.165, 1.54) is 0 Å². The highest BCUT2D eigenvalue weighted by atomic mass is 32.2. The lowest BCUT2D eigenvalue weighted by atomic mass is 9.85. The number of aliphatic carboxylic acids is 1. The maximum Gasteiger partial charge on any atom is 0.306 e. The first-order chi connectivity index (χ1) is 7.91. The van der Waals surface area contributed by atoms with Crippen molar-refractivity contribution in [3.63, 3.8) is 0 Å². The molecule has 0 atom stereocenters. The van der Waals surface area contributed by atoms with Crippen molar-refractivity contribution in [2.75, 3.05) is 0 Å². The third-order valence-corrected chi connectivity index (χ3v) is 5.42. The van der Waals surface area contributed by atoms with Crippen molar-refractivity contribution in [1.29, 1.82) is 0 Å². The van der Waals surface area contributed by atoms with Gasteiger partial charge in [0.05, 0.1) is 16.1 Å². The Hall–Kier alpha value is -1.36. The number of carbonyl (C=O) groups is 1. The Bertz CT molecular complexity index is 524. The largest absolute Gasteiger partial charge is 0.481 e. The van der Waals surface area contributed by atoms with E-state index in [2.05, 4.69) is 0 Å². The van der Waals surface area contributed by atoms with Gasteiger partial charge in [-0.05, 0) is 31.9 Å². The fourth-order valence-corrected chi connectivity index (χ4v) is 3.81. The Balaban J connectivity index is 2.16. The lowest BCUT2D eigenvalue weighted by Gasteiger charge is -2.31. The summed E-state index contributed by atoms with van der Waals surface area (Å²) < 4.78 is 24.2. The number of carboxylic acids is 1. The monoisotopic (exact) mass is 254 g/mol. The van der Waals surface area contributed by atoms with Crippen LogP contribution in [-0.4, -0.2) is 24.7 Å². The molecule has 0 spiro atoms. The van der Waals surface area contributed by atoms with E-state index >= 15 is 0 Å². The first kappa shape index (κ1) is 12.1. The van der Waals surface area contributed by atoms with Gasteiger partial charge in [-0.25, -0.2) is 8.42 Å². The molecule has 0 radical (unpaired) electrons. The van der Waals surface area contributed by atoms with Crippen LogP contribution in [0.2, 0.25) is 0 Å². The Kier molecular flexibility index (Phi) is 2.95. The summed E-state index contributed by atoms with van der Waals surface area (Å²) in [6, 6.07) is 6.66. The van der Waals surface area contributed by atoms with Crippen molar-refractivity contribution >= 4 is 15.8 Å². The molecular formula is C12H14O4S. The molecule has 0 bridgehead atoms. The third kappa shape index (κ3) is 2.20. The highest BCUT2D eigenvalue weighted by Gasteiger charge is 2.42. The molecule has 0 heterocycles. The molecule has 0 unspecified atom stereocenters. The van der Waals surface area contributed by atoms with Gasteiger partial charge in [0.25, 0.3) is 0 Å². The highest BCUT2D eigenvalue weighted by Crippen LogP contribution is 2.36. The summed E-state index contributed by atoms with van der Waals surface area (Å²) in [5.74, 6) is -1.40. The number of hydrogen-bond donors (Lipinski definition) is 1. The lowest BCUT2D eigenvalue weighted by Crippen LogP contribution is -2.39. The van der Waals surface area contributed by atoms with Gasteiger partial charge in [-0.3, -0.25) is 4.79 Å². The van der Waals surface area contributed by atoms with Crippen LogP contribution in [0.5, 0.6) is 0 Å². The predicted molar refractivity (Wildman–Crippen MR) is 62.5 cm³/mol. The predicted octanol–water partition coefficient (Wildman–Crippen LogP) is 1.63. The fraction of sp³-hybridized carbons (Fsp3) is 0.417. The highest BCUT2D eigenvalue weighted by molar-refractivity contribution is 7.92. The second kappa shape index (κ2) is 4.14. The van der Waals surface area contributed by atoms with E-state index in [4.69, 9.17) is 5.11 Å². The van der Waals surface area contributed by atoms with Gasteiger partial charge in [0.1, 0.15) is 0 Å². The summed E-state index contributed by atoms with van der Waals surface area (Å²) in [5, 5.41) is 8.19. The van der Waals surface area contributed by atoms with E-state index < -0.39 is 27.0 Å². The molecule has 1 fully saturated rings. The molecule has 0 saturated heterocycles. The minimum atomic E-state index is -3.35. The van der Waals surface area contributed by atoms with Gasteiger partial charge in [-0.1, -0.05) is 17.7 Å². The van der Waals surface area contributed by atoms with Crippen LogP contribution in [0.15, 0.2) is 29.2 Å². The number of carboxylic acid groups (broad SMARTS) is 1. The van der Waals surface area contributed by atoms with Crippen LogP contribution in [0, 0.1) is 12.8 Å². The molecule has 2 rings (SSSR count). The van der Waals surface area contributed by atoms with E-state index in [1.54, 1.807) is 24.3 Å². The molecule has 92 valence electrons. The van der Waals surface area contributed by atoms with Crippen LogP contribution in [0.3, 0.4) is 0 Å². The smallest absolute Gasteiger partial charge is 0.306 e. The average molecular weight is 254 g/mol. The molecule has 0 amide bonds. The van der Waals surface area contributed by atoms with Gasteiger partial charge in [-0.15, -0.1) is 0 Å². The number of sulfone groups is 1. The summed E-state index contributed by atoms with van der Waals surface area (Å²) >= 11 is 0. The second-order valence-electron chi connectivity index (χ2n) is 4.49. The number of benzene rings is 1. The van der Waals surface area contributed by atoms with Crippen LogP contribution in [-0.2, 0) is 14.6 Å². The van der Waals surface area contributed by atoms with Gasteiger partial charge >= 0.3 is 5.97 Å². The van der Waals surface area contributed by atoms with Crippen molar-refractivity contribution in [3.05, 3.63) is 29.8 Å². The molecule has 5 heteroatoms. The summed E-state index contributed by atoms with van der Waals surface area (Å²) in [6.45, 7) is 1.89. The first-order valence-corrected chi connectivity index (χ1v) is 6.99. The maximum absolute atomic E-state index is 12.1. The van der Waals surface area contributed by atoms with Crippen molar-refractivity contribution in [1.82, 2.24) is 0 Å². The zero-order chi connectivity index (χ0) is 12.6. The molecule has 1 aromatic rings. The van der Waals surface area contributed by atoms with Gasteiger partial charge < -0.3 is 5.11 Å². The lowest BCUT2D eigenvalue weighted by molar-refractivity contribution is -0.144. The molecule has 1 aliphatic rings. The van der Waals surface area contributed by atoms with Crippen molar-refractivity contribution in [2.24, 2.45) is 5.92 Å². The van der Waals surface area contributed by atoms with E-state index in [1.807, 2.05) is 6.92 Å². The standard InChI is InChI=1S/C12H14O4S/c1-8-2-4-10(5-3-8)17(15,16)11-6-9(7-11)12(13)14/h2-5,9,11H,6-7H2,1H3,(H,13,14). The molecule has 1 N–H and O–H groups in total. The van der Waals surface area contributed by atoms with E-state index in [0.29, 0.717) is 0 Å². The fourth-order valence-electron chi connectivity index (χ4n) is 1.94. The van der Waals surface area contributed by atoms with Crippen LogP contribution >= 0.6 is 0 Å². The topological polar surface area (TPSA) is 71.4 Å². The molecule has 0 aromatic heterocycles. The summed E-state index contributed by atoms with van der Waals surface area (Å²) in [4.78, 5) is 10.9. The molecule has 1 saturated carbocycles. The summed E-state index contributed by atoms with van der Waals surface area (Å²) in [5.41, 5.74) is 1.00. The Labute approximate surface area is 100 Å². The zero-order valence-corrected chi connectivity index (χ0v) is 10.3. The summed E-state index contributed by atoms with van der Waals surface area (Å²) in [6.07, 6.45) is 0.455. The van der Waals surface area contributed by atoms with E-state index in [0.717, 1.165) is 5.56 Å². The molecular weight excluding hydrogens is 240 g/mol. The Morgan fingerprint density at radius 1 is 1.24 bits per heavy atom. The molecule has 0 aliphatic heterocycles. The van der Waals surface area contributed by atoms with Crippen LogP contribution in [0.1, 0.15) is 18.4 Å². The maximum atomic E-state index is 12.1.